The molecule has 2 aliphatic heterocycles. The molecule has 5 rings (SSSR count). The van der Waals surface area contributed by atoms with Crippen molar-refractivity contribution in [2.24, 2.45) is 0 Å². The molecule has 2 atom stereocenters. The molecule has 0 fully saturated rings. The minimum Gasteiger partial charge on any atom is -0.489 e. The lowest BCUT2D eigenvalue weighted by Crippen LogP contribution is -2.56. The van der Waals surface area contributed by atoms with Gasteiger partial charge in [-0.3, -0.25) is 0 Å². The predicted octanol–water partition coefficient (Wildman–Crippen LogP) is 2.55. The summed E-state index contributed by atoms with van der Waals surface area (Å²) in [5.41, 5.74) is 0.931. The number of benzene rings is 2. The Bertz CT molecular complexity index is 970. The Morgan fingerprint density at radius 3 is 2.81 bits per heavy atom. The molecule has 2 unspecified atom stereocenters. The maximum Gasteiger partial charge on any atom is 0.181 e. The van der Waals surface area contributed by atoms with Crippen LogP contribution in [0.2, 0.25) is 0 Å². The highest BCUT2D eigenvalue weighted by Crippen LogP contribution is 2.40. The summed E-state index contributed by atoms with van der Waals surface area (Å²) in [7, 11) is -3.69. The Kier molecular flexibility index (Phi) is 4.53. The Morgan fingerprint density at radius 2 is 2.04 bits per heavy atom. The van der Waals surface area contributed by atoms with Crippen LogP contribution in [0.1, 0.15) is 37.0 Å². The number of rotatable bonds is 2. The van der Waals surface area contributed by atoms with Crippen molar-refractivity contribution in [3.63, 3.8) is 0 Å². The molecule has 2 aromatic rings. The number of sulfone groups is 1. The van der Waals surface area contributed by atoms with Crippen molar-refractivity contribution in [2.45, 2.75) is 55.9 Å². The van der Waals surface area contributed by atoms with E-state index in [-0.39, 0.29) is 22.7 Å². The van der Waals surface area contributed by atoms with Gasteiger partial charge in [0, 0.05) is 12.1 Å². The molecule has 27 heavy (non-hydrogen) atoms. The van der Waals surface area contributed by atoms with Gasteiger partial charge in [-0.25, -0.2) is 8.42 Å². The van der Waals surface area contributed by atoms with E-state index in [0.717, 1.165) is 23.3 Å². The van der Waals surface area contributed by atoms with Crippen LogP contribution in [-0.2, 0) is 28.5 Å². The molecule has 0 aromatic heterocycles. The van der Waals surface area contributed by atoms with E-state index < -0.39 is 15.4 Å². The first-order valence-electron chi connectivity index (χ1n) is 9.34. The lowest BCUT2D eigenvalue weighted by Gasteiger charge is -2.43. The SMILES string of the molecule is CC(C)NC1CCc2cc3ccc2C1(O)CS(=O)(=O)c1cccc(c1)CO3. The lowest BCUT2D eigenvalue weighted by atomic mass is 9.76. The molecule has 3 aliphatic rings. The average molecular weight is 388 g/mol. The van der Waals surface area contributed by atoms with E-state index >= 15 is 0 Å². The second-order valence-corrected chi connectivity index (χ2v) is 9.84. The third-order valence-corrected chi connectivity index (χ3v) is 7.22. The third kappa shape index (κ3) is 3.37. The van der Waals surface area contributed by atoms with Gasteiger partial charge in [-0.2, -0.15) is 0 Å². The Balaban J connectivity index is 1.90. The van der Waals surface area contributed by atoms with Gasteiger partial charge in [-0.05, 0) is 53.8 Å². The van der Waals surface area contributed by atoms with Crippen LogP contribution in [0.4, 0.5) is 0 Å². The van der Waals surface area contributed by atoms with Gasteiger partial charge >= 0.3 is 0 Å². The molecular formula is C21H25NO4S. The summed E-state index contributed by atoms with van der Waals surface area (Å²) >= 11 is 0. The van der Waals surface area contributed by atoms with Crippen molar-refractivity contribution in [1.82, 2.24) is 5.32 Å². The maximum absolute atomic E-state index is 13.2. The molecule has 0 amide bonds. The van der Waals surface area contributed by atoms with E-state index in [9.17, 15) is 13.5 Å². The highest BCUT2D eigenvalue weighted by Gasteiger charge is 2.46. The van der Waals surface area contributed by atoms with Crippen molar-refractivity contribution in [2.75, 3.05) is 5.75 Å². The van der Waals surface area contributed by atoms with E-state index in [1.54, 1.807) is 18.2 Å². The summed E-state index contributed by atoms with van der Waals surface area (Å²) in [6.07, 6.45) is 1.44. The normalized spacial score (nSPS) is 26.1. The van der Waals surface area contributed by atoms with Gasteiger partial charge in [0.1, 0.15) is 18.0 Å². The van der Waals surface area contributed by atoms with E-state index in [2.05, 4.69) is 5.32 Å². The molecule has 144 valence electrons. The van der Waals surface area contributed by atoms with E-state index in [1.165, 1.54) is 0 Å². The van der Waals surface area contributed by atoms with Gasteiger partial charge in [0.2, 0.25) is 0 Å². The van der Waals surface area contributed by atoms with Gasteiger partial charge in [0.15, 0.2) is 9.84 Å². The number of ether oxygens (including phenoxy) is 1. The van der Waals surface area contributed by atoms with Crippen LogP contribution in [-0.4, -0.2) is 31.4 Å². The Labute approximate surface area is 160 Å². The summed E-state index contributed by atoms with van der Waals surface area (Å²) < 4.78 is 32.3. The largest absolute Gasteiger partial charge is 0.489 e. The standard InChI is InChI=1S/C21H25NO4S/c1-14(2)22-20-9-6-16-11-17-7-8-19(16)21(20,23)13-27(24,25)18-5-3-4-15(10-18)12-26-17/h3-5,7-8,10-11,14,20,22-23H,6,9,12-13H2,1-2H3. The number of fused-ring (bicyclic) bond motifs is 3. The molecule has 0 saturated carbocycles. The van der Waals surface area contributed by atoms with Gasteiger partial charge in [-0.1, -0.05) is 32.0 Å². The second-order valence-electron chi connectivity index (χ2n) is 7.85. The molecule has 1 aliphatic carbocycles. The topological polar surface area (TPSA) is 75.6 Å². The fraction of sp³-hybridized carbons (Fsp3) is 0.429. The minimum atomic E-state index is -3.69. The van der Waals surface area contributed by atoms with Crippen molar-refractivity contribution < 1.29 is 18.3 Å². The summed E-state index contributed by atoms with van der Waals surface area (Å²) in [5, 5.41) is 15.1. The van der Waals surface area contributed by atoms with Crippen molar-refractivity contribution in [3.05, 3.63) is 59.2 Å². The monoisotopic (exact) mass is 387 g/mol. The summed E-state index contributed by atoms with van der Waals surface area (Å²) in [6, 6.07) is 12.2. The predicted molar refractivity (Wildman–Crippen MR) is 104 cm³/mol. The first-order chi connectivity index (χ1) is 12.8. The van der Waals surface area contributed by atoms with Crippen LogP contribution in [0, 0.1) is 0 Å². The summed E-state index contributed by atoms with van der Waals surface area (Å²) in [5.74, 6) is 0.390. The first kappa shape index (κ1) is 18.5. The second kappa shape index (κ2) is 6.62. The molecule has 0 spiro atoms. The van der Waals surface area contributed by atoms with Crippen LogP contribution in [0.5, 0.6) is 5.75 Å². The van der Waals surface area contributed by atoms with Crippen molar-refractivity contribution in [1.29, 1.82) is 0 Å². The Hall–Kier alpha value is -1.89. The number of hydrogen-bond donors (Lipinski definition) is 2. The van der Waals surface area contributed by atoms with Crippen molar-refractivity contribution >= 4 is 9.84 Å². The van der Waals surface area contributed by atoms with E-state index in [0.29, 0.717) is 18.6 Å². The third-order valence-electron chi connectivity index (χ3n) is 5.43. The molecule has 2 aromatic carbocycles. The van der Waals surface area contributed by atoms with Gasteiger partial charge < -0.3 is 15.2 Å². The lowest BCUT2D eigenvalue weighted by molar-refractivity contribution is 0.00491. The molecule has 0 saturated heterocycles. The maximum atomic E-state index is 13.2. The van der Waals surface area contributed by atoms with Crippen LogP contribution < -0.4 is 10.1 Å². The number of aryl methyl sites for hydroxylation is 1. The fourth-order valence-corrected chi connectivity index (χ4v) is 5.91. The highest BCUT2D eigenvalue weighted by atomic mass is 32.2. The molecule has 2 N–H and O–H groups in total. The highest BCUT2D eigenvalue weighted by molar-refractivity contribution is 7.91. The van der Waals surface area contributed by atoms with Gasteiger partial charge in [0.05, 0.1) is 10.6 Å². The van der Waals surface area contributed by atoms with Crippen LogP contribution in [0.3, 0.4) is 0 Å². The smallest absolute Gasteiger partial charge is 0.181 e. The number of nitrogens with one attached hydrogen (secondary N) is 1. The molecular weight excluding hydrogens is 362 g/mol. The molecule has 2 heterocycles. The molecule has 6 heteroatoms. The Morgan fingerprint density at radius 1 is 1.22 bits per heavy atom. The fourth-order valence-electron chi connectivity index (χ4n) is 4.19. The van der Waals surface area contributed by atoms with Crippen molar-refractivity contribution in [3.8, 4) is 5.75 Å². The van der Waals surface area contributed by atoms with E-state index in [1.807, 2.05) is 38.1 Å². The van der Waals surface area contributed by atoms with Gasteiger partial charge in [0.25, 0.3) is 0 Å². The summed E-state index contributed by atoms with van der Waals surface area (Å²) in [4.78, 5) is 0.224. The number of aliphatic hydroxyl groups is 1. The summed E-state index contributed by atoms with van der Waals surface area (Å²) in [6.45, 7) is 4.32. The van der Waals surface area contributed by atoms with Crippen LogP contribution in [0.15, 0.2) is 47.4 Å². The average Bonchev–Trinajstić information content (AvgIpc) is 2.61. The zero-order chi connectivity index (χ0) is 19.2. The minimum absolute atomic E-state index is 0.135. The zero-order valence-corrected chi connectivity index (χ0v) is 16.4. The number of hydrogen-bond acceptors (Lipinski definition) is 5. The van der Waals surface area contributed by atoms with Crippen LogP contribution >= 0.6 is 0 Å². The van der Waals surface area contributed by atoms with E-state index in [4.69, 9.17) is 4.74 Å². The van der Waals surface area contributed by atoms with Gasteiger partial charge in [-0.15, -0.1) is 0 Å². The molecule has 0 radical (unpaired) electrons. The zero-order valence-electron chi connectivity index (χ0n) is 15.6. The molecule has 5 nitrogen and oxygen atoms in total. The van der Waals surface area contributed by atoms with Crippen LogP contribution in [0.25, 0.3) is 0 Å². The first-order valence-corrected chi connectivity index (χ1v) is 11.0. The molecule has 6 bridgehead atoms. The quantitative estimate of drug-likeness (QED) is 0.828.